The molecule has 0 aliphatic heterocycles. The van der Waals surface area contributed by atoms with Gasteiger partial charge in [-0.15, -0.1) is 0 Å². The maximum absolute atomic E-state index is 13.0. The lowest BCUT2D eigenvalue weighted by atomic mass is 10.1. The van der Waals surface area contributed by atoms with E-state index < -0.39 is 10.8 Å². The van der Waals surface area contributed by atoms with E-state index in [2.05, 4.69) is 10.6 Å². The number of ether oxygens (including phenoxy) is 1. The third-order valence-corrected chi connectivity index (χ3v) is 4.68. The van der Waals surface area contributed by atoms with E-state index in [1.807, 2.05) is 6.07 Å². The summed E-state index contributed by atoms with van der Waals surface area (Å²) in [6.45, 7) is 0. The molecule has 3 aromatic carbocycles. The van der Waals surface area contributed by atoms with Crippen molar-refractivity contribution in [1.82, 2.24) is 5.32 Å². The van der Waals surface area contributed by atoms with Crippen LogP contribution < -0.4 is 15.4 Å². The number of hydrogen-bond acceptors (Lipinski definition) is 5. The molecule has 1 aliphatic carbocycles. The van der Waals surface area contributed by atoms with Crippen molar-refractivity contribution in [3.8, 4) is 11.5 Å². The van der Waals surface area contributed by atoms with Gasteiger partial charge in [0.1, 0.15) is 11.5 Å². The van der Waals surface area contributed by atoms with Gasteiger partial charge in [-0.05, 0) is 49.2 Å². The maximum Gasteiger partial charge on any atom is 0.270 e. The van der Waals surface area contributed by atoms with Crippen molar-refractivity contribution in [1.29, 1.82) is 0 Å². The largest absolute Gasteiger partial charge is 0.457 e. The van der Waals surface area contributed by atoms with E-state index in [1.54, 1.807) is 48.5 Å². The van der Waals surface area contributed by atoms with E-state index >= 15 is 0 Å². The Morgan fingerprint density at radius 3 is 2.42 bits per heavy atom. The lowest BCUT2D eigenvalue weighted by molar-refractivity contribution is -0.384. The first kappa shape index (κ1) is 20.1. The van der Waals surface area contributed by atoms with E-state index in [-0.39, 0.29) is 28.9 Å². The number of hydrogen-bond donors (Lipinski definition) is 2. The summed E-state index contributed by atoms with van der Waals surface area (Å²) < 4.78 is 5.77. The summed E-state index contributed by atoms with van der Waals surface area (Å²) in [5.74, 6) is -0.127. The molecule has 0 heterocycles. The number of non-ortho nitro benzene ring substituents is 1. The first-order valence-corrected chi connectivity index (χ1v) is 9.73. The lowest BCUT2D eigenvalue weighted by Gasteiger charge is -2.12. The van der Waals surface area contributed by atoms with Crippen LogP contribution in [-0.4, -0.2) is 22.8 Å². The van der Waals surface area contributed by atoms with Crippen molar-refractivity contribution in [3.63, 3.8) is 0 Å². The summed E-state index contributed by atoms with van der Waals surface area (Å²) >= 11 is 0. The molecule has 0 aromatic heterocycles. The van der Waals surface area contributed by atoms with Crippen LogP contribution in [0.15, 0.2) is 72.8 Å². The number of anilines is 1. The predicted octanol–water partition coefficient (Wildman–Crippen LogP) is 4.53. The molecule has 3 aromatic rings. The van der Waals surface area contributed by atoms with Crippen LogP contribution in [0.4, 0.5) is 11.4 Å². The first-order valence-electron chi connectivity index (χ1n) is 9.73. The van der Waals surface area contributed by atoms with E-state index in [0.29, 0.717) is 17.0 Å². The second-order valence-electron chi connectivity index (χ2n) is 7.14. The Balaban J connectivity index is 1.58. The molecular weight excluding hydrogens is 398 g/mol. The van der Waals surface area contributed by atoms with Gasteiger partial charge in [0.25, 0.3) is 17.5 Å². The van der Waals surface area contributed by atoms with Crippen LogP contribution in [0, 0.1) is 10.1 Å². The standard InChI is InChI=1S/C23H19N3O5/c27-22(24-16-9-10-16)15-5-4-6-17(13-15)25-23(28)20-14-18(26(29)30)11-12-21(20)31-19-7-2-1-3-8-19/h1-8,11-14,16H,9-10H2,(H,24,27)(H,25,28). The quantitative estimate of drug-likeness (QED) is 0.433. The maximum atomic E-state index is 13.0. The van der Waals surface area contributed by atoms with Crippen LogP contribution in [0.2, 0.25) is 0 Å². The van der Waals surface area contributed by atoms with Crippen molar-refractivity contribution < 1.29 is 19.2 Å². The summed E-state index contributed by atoms with van der Waals surface area (Å²) in [4.78, 5) is 35.8. The third kappa shape index (κ3) is 5.05. The lowest BCUT2D eigenvalue weighted by Crippen LogP contribution is -2.25. The highest BCUT2D eigenvalue weighted by molar-refractivity contribution is 6.07. The number of benzene rings is 3. The summed E-state index contributed by atoms with van der Waals surface area (Å²) in [5, 5.41) is 16.8. The van der Waals surface area contributed by atoms with E-state index in [1.165, 1.54) is 12.1 Å². The smallest absolute Gasteiger partial charge is 0.270 e. The third-order valence-electron chi connectivity index (χ3n) is 4.68. The molecule has 4 rings (SSSR count). The highest BCUT2D eigenvalue weighted by Gasteiger charge is 2.24. The molecule has 1 saturated carbocycles. The van der Waals surface area contributed by atoms with Crippen LogP contribution in [-0.2, 0) is 0 Å². The topological polar surface area (TPSA) is 111 Å². The summed E-state index contributed by atoms with van der Waals surface area (Å²) in [5.41, 5.74) is 0.587. The number of carbonyl (C=O) groups is 2. The van der Waals surface area contributed by atoms with Crippen LogP contribution in [0.3, 0.4) is 0 Å². The molecule has 2 N–H and O–H groups in total. The molecule has 8 nitrogen and oxygen atoms in total. The number of carbonyl (C=O) groups excluding carboxylic acids is 2. The SMILES string of the molecule is O=C(NC1CC1)c1cccc(NC(=O)c2cc([N+](=O)[O-])ccc2Oc2ccccc2)c1. The molecule has 0 spiro atoms. The monoisotopic (exact) mass is 417 g/mol. The van der Waals surface area contributed by atoms with Gasteiger partial charge in [0.2, 0.25) is 0 Å². The number of amides is 2. The number of rotatable bonds is 7. The van der Waals surface area contributed by atoms with Crippen LogP contribution >= 0.6 is 0 Å². The van der Waals surface area contributed by atoms with Gasteiger partial charge in [-0.3, -0.25) is 19.7 Å². The number of nitro groups is 1. The fourth-order valence-corrected chi connectivity index (χ4v) is 2.95. The average Bonchev–Trinajstić information content (AvgIpc) is 3.58. The Kier molecular flexibility index (Phi) is 5.61. The normalized spacial score (nSPS) is 12.6. The minimum Gasteiger partial charge on any atom is -0.457 e. The Bertz CT molecular complexity index is 1140. The zero-order valence-electron chi connectivity index (χ0n) is 16.4. The van der Waals surface area contributed by atoms with Crippen molar-refractivity contribution >= 4 is 23.2 Å². The molecular formula is C23H19N3O5. The second-order valence-corrected chi connectivity index (χ2v) is 7.14. The Hall–Kier alpha value is -4.20. The molecule has 1 aliphatic rings. The molecule has 0 atom stereocenters. The van der Waals surface area contributed by atoms with E-state index in [0.717, 1.165) is 18.9 Å². The van der Waals surface area contributed by atoms with Crippen LogP contribution in [0.1, 0.15) is 33.6 Å². The number of nitro benzene ring substituents is 1. The molecule has 0 saturated heterocycles. The highest BCUT2D eigenvalue weighted by Crippen LogP contribution is 2.29. The van der Waals surface area contributed by atoms with Gasteiger partial charge in [-0.2, -0.15) is 0 Å². The highest BCUT2D eigenvalue weighted by atomic mass is 16.6. The minimum absolute atomic E-state index is 0.00545. The van der Waals surface area contributed by atoms with Gasteiger partial charge >= 0.3 is 0 Å². The molecule has 1 fully saturated rings. The number of nitrogens with zero attached hydrogens (tertiary/aromatic N) is 1. The van der Waals surface area contributed by atoms with Crippen molar-refractivity contribution in [2.45, 2.75) is 18.9 Å². The molecule has 2 amide bonds. The molecule has 156 valence electrons. The molecule has 0 bridgehead atoms. The van der Waals surface area contributed by atoms with E-state index in [4.69, 9.17) is 4.74 Å². The summed E-state index contributed by atoms with van der Waals surface area (Å²) in [6.07, 6.45) is 1.94. The Morgan fingerprint density at radius 2 is 1.71 bits per heavy atom. The minimum atomic E-state index is -0.589. The van der Waals surface area contributed by atoms with Crippen LogP contribution in [0.5, 0.6) is 11.5 Å². The van der Waals surface area contributed by atoms with Crippen molar-refractivity contribution in [3.05, 3.63) is 94.0 Å². The molecule has 0 radical (unpaired) electrons. The fourth-order valence-electron chi connectivity index (χ4n) is 2.95. The summed E-state index contributed by atoms with van der Waals surface area (Å²) in [6, 6.07) is 19.4. The second kappa shape index (κ2) is 8.66. The molecule has 0 unspecified atom stereocenters. The average molecular weight is 417 g/mol. The fraction of sp³-hybridized carbons (Fsp3) is 0.130. The Labute approximate surface area is 178 Å². The van der Waals surface area contributed by atoms with Gasteiger partial charge < -0.3 is 15.4 Å². The van der Waals surface area contributed by atoms with Crippen molar-refractivity contribution in [2.24, 2.45) is 0 Å². The summed E-state index contributed by atoms with van der Waals surface area (Å²) in [7, 11) is 0. The first-order chi connectivity index (χ1) is 15.0. The predicted molar refractivity (Wildman–Crippen MR) is 114 cm³/mol. The molecule has 31 heavy (non-hydrogen) atoms. The Morgan fingerprint density at radius 1 is 0.935 bits per heavy atom. The van der Waals surface area contributed by atoms with E-state index in [9.17, 15) is 19.7 Å². The van der Waals surface area contributed by atoms with Gasteiger partial charge in [0.05, 0.1) is 10.5 Å². The number of nitrogens with one attached hydrogen (secondary N) is 2. The van der Waals surface area contributed by atoms with Crippen LogP contribution in [0.25, 0.3) is 0 Å². The van der Waals surface area contributed by atoms with Gasteiger partial charge in [-0.25, -0.2) is 0 Å². The zero-order valence-corrected chi connectivity index (χ0v) is 16.4. The zero-order chi connectivity index (χ0) is 21.8. The molecule has 8 heteroatoms. The van der Waals surface area contributed by atoms with Crippen molar-refractivity contribution in [2.75, 3.05) is 5.32 Å². The number of para-hydroxylation sites is 1. The van der Waals surface area contributed by atoms with Gasteiger partial charge in [-0.1, -0.05) is 24.3 Å². The van der Waals surface area contributed by atoms with Gasteiger partial charge in [0, 0.05) is 29.4 Å². The van der Waals surface area contributed by atoms with Gasteiger partial charge in [0.15, 0.2) is 0 Å².